The van der Waals surface area contributed by atoms with Crippen LogP contribution in [0.15, 0.2) is 66.4 Å². The molecule has 0 aliphatic carbocycles. The Morgan fingerprint density at radius 3 is 1.06 bits per heavy atom. The third-order valence-corrected chi connectivity index (χ3v) is 4.82. The standard InChI is InChI=1S/C20H14N8O6/c29-15-3-9-7(21-19(33)23-9)1-11(15)25-27-13-5-18(32)14(6-17(13)31)28-26-12-2-8-10(4-16(12)30)24-20(34)22-8/h1-6,29-32H,(H2,21,23,33)(H2,22,24,34). The van der Waals surface area contributed by atoms with Crippen LogP contribution in [0.2, 0.25) is 0 Å². The van der Waals surface area contributed by atoms with Crippen molar-refractivity contribution in [2.75, 3.05) is 0 Å². The minimum absolute atomic E-state index is 0.0130. The molecule has 0 unspecified atom stereocenters. The quantitative estimate of drug-likeness (QED) is 0.147. The summed E-state index contributed by atoms with van der Waals surface area (Å²) in [6, 6.07) is 7.50. The molecule has 0 radical (unpaired) electrons. The number of phenols is 4. The molecular weight excluding hydrogens is 448 g/mol. The fourth-order valence-corrected chi connectivity index (χ4v) is 3.21. The molecule has 3 aromatic carbocycles. The number of hydrogen-bond acceptors (Lipinski definition) is 10. The van der Waals surface area contributed by atoms with Gasteiger partial charge in [-0.3, -0.25) is 0 Å². The molecule has 0 spiro atoms. The van der Waals surface area contributed by atoms with E-state index in [1.54, 1.807) is 0 Å². The van der Waals surface area contributed by atoms with E-state index < -0.39 is 22.9 Å². The first kappa shape index (κ1) is 20.5. The van der Waals surface area contributed by atoms with Crippen molar-refractivity contribution in [2.24, 2.45) is 20.5 Å². The van der Waals surface area contributed by atoms with Crippen molar-refractivity contribution in [3.63, 3.8) is 0 Å². The van der Waals surface area contributed by atoms with Crippen LogP contribution in [0.1, 0.15) is 0 Å². The highest BCUT2D eigenvalue weighted by Gasteiger charge is 2.11. The minimum atomic E-state index is -0.453. The first-order valence-electron chi connectivity index (χ1n) is 9.56. The van der Waals surface area contributed by atoms with Gasteiger partial charge in [0.05, 0.1) is 22.1 Å². The molecule has 0 amide bonds. The molecule has 5 rings (SSSR count). The van der Waals surface area contributed by atoms with Crippen LogP contribution in [0, 0.1) is 0 Å². The zero-order valence-electron chi connectivity index (χ0n) is 16.9. The van der Waals surface area contributed by atoms with E-state index in [0.29, 0.717) is 22.1 Å². The molecule has 14 heteroatoms. The third kappa shape index (κ3) is 3.70. The minimum Gasteiger partial charge on any atom is -0.506 e. The highest BCUT2D eigenvalue weighted by atomic mass is 16.3. The number of rotatable bonds is 4. The van der Waals surface area contributed by atoms with E-state index in [4.69, 9.17) is 0 Å². The molecule has 0 fully saturated rings. The average Bonchev–Trinajstić information content (AvgIpc) is 3.32. The normalized spacial score (nSPS) is 12.0. The molecule has 14 nitrogen and oxygen atoms in total. The second kappa shape index (κ2) is 7.63. The molecule has 0 saturated carbocycles. The molecule has 34 heavy (non-hydrogen) atoms. The maximum absolute atomic E-state index is 11.4. The van der Waals surface area contributed by atoms with Gasteiger partial charge in [-0.05, 0) is 12.1 Å². The van der Waals surface area contributed by atoms with Gasteiger partial charge < -0.3 is 40.4 Å². The number of aromatic amines is 4. The van der Waals surface area contributed by atoms with Crippen molar-refractivity contribution in [3.05, 3.63) is 57.4 Å². The van der Waals surface area contributed by atoms with Gasteiger partial charge in [-0.2, -0.15) is 0 Å². The first-order chi connectivity index (χ1) is 16.3. The Morgan fingerprint density at radius 2 is 0.706 bits per heavy atom. The van der Waals surface area contributed by atoms with Crippen molar-refractivity contribution < 1.29 is 20.4 Å². The van der Waals surface area contributed by atoms with Crippen LogP contribution in [0.3, 0.4) is 0 Å². The van der Waals surface area contributed by atoms with Crippen LogP contribution in [0.5, 0.6) is 23.0 Å². The molecule has 5 aromatic rings. The smallest absolute Gasteiger partial charge is 0.323 e. The highest BCUT2D eigenvalue weighted by molar-refractivity contribution is 5.82. The number of azo groups is 2. The van der Waals surface area contributed by atoms with Gasteiger partial charge in [0.1, 0.15) is 45.7 Å². The number of benzene rings is 3. The van der Waals surface area contributed by atoms with Crippen LogP contribution in [-0.4, -0.2) is 40.4 Å². The van der Waals surface area contributed by atoms with Gasteiger partial charge in [-0.25, -0.2) is 9.59 Å². The summed E-state index contributed by atoms with van der Waals surface area (Å²) >= 11 is 0. The monoisotopic (exact) mass is 462 g/mol. The predicted molar refractivity (Wildman–Crippen MR) is 119 cm³/mol. The number of fused-ring (bicyclic) bond motifs is 2. The summed E-state index contributed by atoms with van der Waals surface area (Å²) in [5.41, 5.74) is 0.401. The molecule has 170 valence electrons. The summed E-state index contributed by atoms with van der Waals surface area (Å²) in [5, 5.41) is 56.0. The molecule has 8 N–H and O–H groups in total. The Labute approximate surface area is 186 Å². The lowest BCUT2D eigenvalue weighted by Crippen LogP contribution is -1.99. The number of aromatic nitrogens is 4. The fraction of sp³-hybridized carbons (Fsp3) is 0. The Balaban J connectivity index is 1.44. The van der Waals surface area contributed by atoms with Crippen molar-refractivity contribution in [1.82, 2.24) is 19.9 Å². The van der Waals surface area contributed by atoms with E-state index >= 15 is 0 Å². The van der Waals surface area contributed by atoms with Gasteiger partial charge in [-0.1, -0.05) is 0 Å². The molecule has 2 aromatic heterocycles. The topological polar surface area (TPSA) is 228 Å². The Hall–Kier alpha value is -5.40. The SMILES string of the molecule is O=c1[nH]c2cc(O)c(N=Nc3cc(O)c(N=Nc4cc5[nH]c(=O)[nH]c5cc4O)cc3O)cc2[nH]1. The van der Waals surface area contributed by atoms with E-state index in [0.717, 1.165) is 12.1 Å². The van der Waals surface area contributed by atoms with E-state index in [2.05, 4.69) is 40.4 Å². The van der Waals surface area contributed by atoms with Crippen LogP contribution in [0.25, 0.3) is 22.1 Å². The van der Waals surface area contributed by atoms with Crippen molar-refractivity contribution >= 4 is 44.8 Å². The van der Waals surface area contributed by atoms with Gasteiger partial charge in [0.15, 0.2) is 0 Å². The average molecular weight is 462 g/mol. The zero-order valence-corrected chi connectivity index (χ0v) is 16.9. The molecule has 0 atom stereocenters. The largest absolute Gasteiger partial charge is 0.506 e. The van der Waals surface area contributed by atoms with Crippen LogP contribution in [0.4, 0.5) is 22.7 Å². The van der Waals surface area contributed by atoms with Crippen molar-refractivity contribution in [3.8, 4) is 23.0 Å². The van der Waals surface area contributed by atoms with Crippen LogP contribution < -0.4 is 11.4 Å². The maximum Gasteiger partial charge on any atom is 0.323 e. The van der Waals surface area contributed by atoms with E-state index in [9.17, 15) is 30.0 Å². The Bertz CT molecular complexity index is 1630. The van der Waals surface area contributed by atoms with Gasteiger partial charge >= 0.3 is 11.4 Å². The summed E-state index contributed by atoms with van der Waals surface area (Å²) in [6.07, 6.45) is 0. The first-order valence-corrected chi connectivity index (χ1v) is 9.56. The van der Waals surface area contributed by atoms with Gasteiger partial charge in [0.2, 0.25) is 0 Å². The molecule has 2 heterocycles. The van der Waals surface area contributed by atoms with Gasteiger partial charge in [0.25, 0.3) is 0 Å². The third-order valence-electron chi connectivity index (χ3n) is 4.82. The lowest BCUT2D eigenvalue weighted by Gasteiger charge is -2.03. The summed E-state index contributed by atoms with van der Waals surface area (Å²) in [5.74, 6) is -1.33. The van der Waals surface area contributed by atoms with Crippen molar-refractivity contribution in [1.29, 1.82) is 0 Å². The summed E-state index contributed by atoms with van der Waals surface area (Å²) in [4.78, 5) is 32.8. The summed E-state index contributed by atoms with van der Waals surface area (Å²) in [7, 11) is 0. The van der Waals surface area contributed by atoms with Crippen LogP contribution >= 0.6 is 0 Å². The van der Waals surface area contributed by atoms with Gasteiger partial charge in [-0.15, -0.1) is 20.5 Å². The van der Waals surface area contributed by atoms with E-state index in [1.807, 2.05) is 0 Å². The Morgan fingerprint density at radius 1 is 0.441 bits per heavy atom. The predicted octanol–water partition coefficient (Wildman–Crippen LogP) is 3.68. The van der Waals surface area contributed by atoms with E-state index in [-0.39, 0.29) is 34.2 Å². The second-order valence-corrected chi connectivity index (χ2v) is 7.16. The second-order valence-electron chi connectivity index (χ2n) is 7.16. The highest BCUT2D eigenvalue weighted by Crippen LogP contribution is 2.41. The molecule has 0 aliphatic heterocycles. The van der Waals surface area contributed by atoms with Crippen molar-refractivity contribution in [2.45, 2.75) is 0 Å². The number of H-pyrrole nitrogens is 4. The fourth-order valence-electron chi connectivity index (χ4n) is 3.21. The summed E-state index contributed by atoms with van der Waals surface area (Å²) in [6.45, 7) is 0. The number of nitrogens with one attached hydrogen (secondary N) is 4. The molecule has 0 saturated heterocycles. The number of nitrogens with zero attached hydrogens (tertiary/aromatic N) is 4. The number of phenolic OH excluding ortho intramolecular Hbond substituents is 4. The lowest BCUT2D eigenvalue weighted by molar-refractivity contribution is 0.461. The number of aromatic hydroxyl groups is 4. The molecular formula is C20H14N8O6. The van der Waals surface area contributed by atoms with Crippen LogP contribution in [-0.2, 0) is 0 Å². The number of hydrogen-bond donors (Lipinski definition) is 8. The Kier molecular flexibility index (Phi) is 4.60. The van der Waals surface area contributed by atoms with Gasteiger partial charge in [0, 0.05) is 24.3 Å². The summed E-state index contributed by atoms with van der Waals surface area (Å²) < 4.78 is 0. The maximum atomic E-state index is 11.4. The van der Waals surface area contributed by atoms with E-state index in [1.165, 1.54) is 24.3 Å². The lowest BCUT2D eigenvalue weighted by atomic mass is 10.2. The zero-order chi connectivity index (χ0) is 24.0. The number of imidazole rings is 2. The molecule has 0 aliphatic rings. The molecule has 0 bridgehead atoms.